The number of carbonyl (C=O) groups excluding carboxylic acids is 3. The van der Waals surface area contributed by atoms with Crippen molar-refractivity contribution >= 4 is 34.0 Å². The van der Waals surface area contributed by atoms with Crippen LogP contribution in [-0.4, -0.2) is 91.7 Å². The maximum absolute atomic E-state index is 13.3. The fourth-order valence-corrected chi connectivity index (χ4v) is 18.1. The number of nitrogens with zero attached hydrogens (tertiary/aromatic N) is 3. The second kappa shape index (κ2) is 27.2. The van der Waals surface area contributed by atoms with Gasteiger partial charge in [0.2, 0.25) is 11.9 Å². The van der Waals surface area contributed by atoms with E-state index in [1.54, 1.807) is 4.57 Å². The molecule has 2 aromatic rings. The van der Waals surface area contributed by atoms with Crippen LogP contribution in [0.25, 0.3) is 0 Å². The fourth-order valence-electron chi connectivity index (χ4n) is 17.7. The molecule has 2 heterocycles. The van der Waals surface area contributed by atoms with Gasteiger partial charge in [0.15, 0.2) is 5.78 Å². The van der Waals surface area contributed by atoms with Crippen LogP contribution in [0.15, 0.2) is 25.0 Å². The molecule has 0 aromatic carbocycles. The standard InChI is InChI=1S/C26H39FN2O3.C23H37BrO3.C3H3FN2.CH2O3.CH4.2K.H/c1-24(31)10-11-26(15-32-3)17(12-24)4-5-18-19-6-7-21(25(19,2)9-8-20(18)26)22(30)13-29-14-23(27)28-16-29;1-21(26)10-11-23(14-27-3)15(12-21)4-5-16-17-6-7-19(20(25)13-24)22(17,2)9-8-18(16)23;4-3-1-5-2-6-3;2-1-4-3;;;;/h14,16-21,31H,4-13,15H2,1-3H3;15-19,26H,4-14H2,1-3H3;1-2H,(H,5,6);1,3H;1H4;;;/q;;;;;2*+1;-1/p-1/t17-,18+,19+,20+,21-,24-,25+,26-;15-,16+,17+,18+,19-,21-,22+,23-;;;;;;/m11....../s1. The molecule has 0 bridgehead atoms. The predicted molar refractivity (Wildman–Crippen MR) is 264 cm³/mol. The summed E-state index contributed by atoms with van der Waals surface area (Å²) >= 11 is 3.43. The Morgan fingerprint density at radius 3 is 1.61 bits per heavy atom. The molecular weight excluding hydrogens is 1040 g/mol. The van der Waals surface area contributed by atoms with E-state index in [1.165, 1.54) is 63.8 Å². The van der Waals surface area contributed by atoms with Crippen LogP contribution in [0.4, 0.5) is 8.78 Å². The van der Waals surface area contributed by atoms with Crippen molar-refractivity contribution in [3.8, 4) is 0 Å². The molecule has 0 saturated heterocycles. The average Bonchev–Trinajstić information content (AvgIpc) is 4.13. The average molecular weight is 1130 g/mol. The first-order valence-corrected chi connectivity index (χ1v) is 27.0. The third-order valence-electron chi connectivity index (χ3n) is 20.5. The van der Waals surface area contributed by atoms with Gasteiger partial charge in [-0.15, -0.1) is 0 Å². The summed E-state index contributed by atoms with van der Waals surface area (Å²) < 4.78 is 38.1. The summed E-state index contributed by atoms with van der Waals surface area (Å²) in [6, 6.07) is 0. The van der Waals surface area contributed by atoms with Gasteiger partial charge in [0.1, 0.15) is 5.78 Å². The second-order valence-electron chi connectivity index (χ2n) is 23.9. The minimum atomic E-state index is -0.546. The first kappa shape index (κ1) is 65.2. The Morgan fingerprint density at radius 2 is 1.25 bits per heavy atom. The van der Waals surface area contributed by atoms with Crippen LogP contribution in [-0.2, 0) is 35.3 Å². The Balaban J connectivity index is 0.000000312. The van der Waals surface area contributed by atoms with Crippen LogP contribution in [0.2, 0.25) is 0 Å². The molecule has 398 valence electrons. The van der Waals surface area contributed by atoms with E-state index in [0.29, 0.717) is 52.5 Å². The van der Waals surface area contributed by atoms with Gasteiger partial charge >= 0.3 is 103 Å². The molecule has 16 atom stereocenters. The van der Waals surface area contributed by atoms with Gasteiger partial charge in [-0.2, -0.15) is 8.78 Å². The Kier molecular flexibility index (Phi) is 24.6. The van der Waals surface area contributed by atoms with E-state index in [0.717, 1.165) is 96.0 Å². The molecule has 0 radical (unpaired) electrons. The number of Topliss-reactive ketones (excluding diaryl/α,β-unsaturated/α-hetero) is 2. The first-order valence-electron chi connectivity index (χ1n) is 25.8. The number of aromatic amines is 1. The molecule has 8 aliphatic carbocycles. The zero-order valence-corrected chi connectivity index (χ0v) is 51.8. The first-order chi connectivity index (χ1) is 32.8. The van der Waals surface area contributed by atoms with E-state index in [4.69, 9.17) is 19.5 Å². The number of nitrogens with one attached hydrogen (secondary N) is 1. The number of H-pyrrole nitrogens is 1. The van der Waals surface area contributed by atoms with Crippen molar-refractivity contribution in [3.05, 3.63) is 36.9 Å². The number of aliphatic hydroxyl groups is 2. The largest absolute Gasteiger partial charge is 1.00 e. The van der Waals surface area contributed by atoms with E-state index in [9.17, 15) is 28.6 Å². The molecule has 8 aliphatic rings. The van der Waals surface area contributed by atoms with Crippen molar-refractivity contribution < 1.29 is 157 Å². The topological polar surface area (TPSA) is 189 Å². The molecule has 0 spiro atoms. The molecular formula is C54H85BrF2K2N4O9. The summed E-state index contributed by atoms with van der Waals surface area (Å²) in [5, 5.41) is 30.5. The molecule has 10 rings (SSSR count). The maximum atomic E-state index is 13.3. The molecule has 0 aliphatic heterocycles. The smallest absolute Gasteiger partial charge is 1.00 e. The maximum Gasteiger partial charge on any atom is 1.00 e. The second-order valence-corrected chi connectivity index (χ2v) is 24.5. The van der Waals surface area contributed by atoms with Gasteiger partial charge in [-0.3, -0.25) is 14.4 Å². The number of alkyl halides is 1. The van der Waals surface area contributed by atoms with E-state index in [1.807, 2.05) is 28.1 Å². The van der Waals surface area contributed by atoms with Gasteiger partial charge in [0.05, 0.1) is 61.3 Å². The molecule has 72 heavy (non-hydrogen) atoms. The van der Waals surface area contributed by atoms with Crippen molar-refractivity contribution in [3.63, 3.8) is 0 Å². The predicted octanol–water partition coefficient (Wildman–Crippen LogP) is 3.35. The fraction of sp³-hybridized carbons (Fsp3) is 0.833. The van der Waals surface area contributed by atoms with Gasteiger partial charge in [-0.05, 0) is 198 Å². The van der Waals surface area contributed by atoms with E-state index in [2.05, 4.69) is 49.6 Å². The Bertz CT molecular complexity index is 2060. The number of ether oxygens (including phenoxy) is 2. The zero-order valence-electron chi connectivity index (χ0n) is 44.9. The number of carbonyl (C=O) groups is 3. The number of ketones is 2. The number of halogens is 3. The monoisotopic (exact) mass is 1130 g/mol. The van der Waals surface area contributed by atoms with Gasteiger partial charge in [-0.25, -0.2) is 9.97 Å². The molecule has 3 N–H and O–H groups in total. The van der Waals surface area contributed by atoms with Crippen molar-refractivity contribution in [2.24, 2.45) is 80.8 Å². The van der Waals surface area contributed by atoms with E-state index in [-0.39, 0.29) is 164 Å². The normalized spacial score (nSPS) is 40.8. The number of imidazole rings is 2. The van der Waals surface area contributed by atoms with Crippen LogP contribution >= 0.6 is 15.9 Å². The van der Waals surface area contributed by atoms with E-state index < -0.39 is 23.1 Å². The molecule has 0 unspecified atom stereocenters. The summed E-state index contributed by atoms with van der Waals surface area (Å²) in [6.07, 6.45) is 24.9. The molecule has 8 saturated carbocycles. The molecule has 13 nitrogen and oxygen atoms in total. The number of fused-ring (bicyclic) bond motifs is 10. The Hall–Kier alpha value is 0.643. The van der Waals surface area contributed by atoms with Gasteiger partial charge in [-0.1, -0.05) is 37.2 Å². The summed E-state index contributed by atoms with van der Waals surface area (Å²) in [4.78, 5) is 46.4. The minimum absolute atomic E-state index is 0. The molecule has 2 aromatic heterocycles. The number of hydrogen-bond acceptors (Lipinski definition) is 11. The third-order valence-corrected chi connectivity index (χ3v) is 21.0. The molecule has 0 amide bonds. The van der Waals surface area contributed by atoms with Crippen molar-refractivity contribution in [2.75, 3.05) is 32.8 Å². The Labute approximate surface area is 523 Å². The van der Waals surface area contributed by atoms with Gasteiger partial charge in [0.25, 0.3) is 6.47 Å². The Morgan fingerprint density at radius 1 is 0.778 bits per heavy atom. The number of hydrogen-bond donors (Lipinski definition) is 3. The molecule has 18 heteroatoms. The van der Waals surface area contributed by atoms with Crippen LogP contribution in [0.5, 0.6) is 0 Å². The van der Waals surface area contributed by atoms with Gasteiger partial charge < -0.3 is 40.8 Å². The zero-order chi connectivity index (χ0) is 50.0. The van der Waals surface area contributed by atoms with Crippen molar-refractivity contribution in [1.82, 2.24) is 19.5 Å². The van der Waals surface area contributed by atoms with Crippen LogP contribution < -0.4 is 108 Å². The van der Waals surface area contributed by atoms with Crippen LogP contribution in [0.3, 0.4) is 0 Å². The summed E-state index contributed by atoms with van der Waals surface area (Å²) in [6.45, 7) is 10.5. The number of methoxy groups -OCH3 is 2. The summed E-state index contributed by atoms with van der Waals surface area (Å²) in [5.74, 6) is 5.18. The van der Waals surface area contributed by atoms with Crippen molar-refractivity contribution in [1.29, 1.82) is 0 Å². The quantitative estimate of drug-likeness (QED) is 0.104. The third kappa shape index (κ3) is 13.4. The van der Waals surface area contributed by atoms with Crippen LogP contribution in [0.1, 0.15) is 152 Å². The van der Waals surface area contributed by atoms with Crippen LogP contribution in [0, 0.1) is 92.7 Å². The summed E-state index contributed by atoms with van der Waals surface area (Å²) in [5.41, 5.74) is -0.378. The van der Waals surface area contributed by atoms with Crippen molar-refractivity contribution in [2.45, 2.75) is 168 Å². The summed E-state index contributed by atoms with van der Waals surface area (Å²) in [7, 11) is 3.69. The number of aromatic nitrogens is 4. The minimum Gasteiger partial charge on any atom is -1.00 e. The number of rotatable bonds is 10. The molecule has 8 fully saturated rings. The SMILES string of the molecule is C.COC[C@]12CC[C@@](C)(O)C[C@H]1CC[C@H]1[C@@H]3CC[C@H](C(=O)CBr)[C@@]3(C)CC[C@@H]12.COC[C@]12CC[C@@](C)(O)C[C@H]1CC[C@H]1[C@@H]3CC[C@H](C(=O)Cn4cnc(F)c4)[C@@]3(C)CC[C@@H]12.Fc1cnc[nH]1.O=CO[O-].[H-].[K+].[K+]. The van der Waals surface area contributed by atoms with Gasteiger partial charge in [0, 0.05) is 26.1 Å². The van der Waals surface area contributed by atoms with E-state index >= 15 is 0 Å².